The summed E-state index contributed by atoms with van der Waals surface area (Å²) in [5.41, 5.74) is 0.822. The molecular weight excluding hydrogens is 267 g/mol. The maximum Gasteiger partial charge on any atom is 0.199 e. The van der Waals surface area contributed by atoms with Crippen molar-refractivity contribution in [2.24, 2.45) is 0 Å². The Kier molecular flexibility index (Phi) is 2.80. The quantitative estimate of drug-likeness (QED) is 0.726. The first-order chi connectivity index (χ1) is 9.18. The van der Waals surface area contributed by atoms with Crippen LogP contribution in [0.4, 0.5) is 4.39 Å². The van der Waals surface area contributed by atoms with Crippen LogP contribution in [-0.2, 0) is 0 Å². The Balaban J connectivity index is 2.20. The number of pyridine rings is 1. The molecule has 1 aromatic carbocycles. The molecule has 0 atom stereocenters. The summed E-state index contributed by atoms with van der Waals surface area (Å²) in [6.45, 7) is 0. The van der Waals surface area contributed by atoms with E-state index in [2.05, 4.69) is 9.97 Å². The van der Waals surface area contributed by atoms with Gasteiger partial charge in [-0.25, -0.2) is 9.37 Å². The Labute approximate surface area is 113 Å². The molecule has 3 nitrogen and oxygen atoms in total. The number of H-pyrrole nitrogens is 1. The van der Waals surface area contributed by atoms with E-state index in [0.29, 0.717) is 16.6 Å². The number of hydrogen-bond donors (Lipinski definition) is 1. The Morgan fingerprint density at radius 1 is 1.26 bits per heavy atom. The number of rotatable bonds is 2. The molecule has 0 spiro atoms. The van der Waals surface area contributed by atoms with Crippen molar-refractivity contribution in [1.82, 2.24) is 9.97 Å². The lowest BCUT2D eigenvalue weighted by Crippen LogP contribution is -2.04. The van der Waals surface area contributed by atoms with Crippen LogP contribution in [-0.4, -0.2) is 15.8 Å². The summed E-state index contributed by atoms with van der Waals surface area (Å²) in [6.07, 6.45) is 3.13. The summed E-state index contributed by atoms with van der Waals surface area (Å²) >= 11 is 5.91. The van der Waals surface area contributed by atoms with Crippen molar-refractivity contribution in [2.75, 3.05) is 0 Å². The molecule has 3 aromatic rings. The lowest BCUT2D eigenvalue weighted by Gasteiger charge is -2.03. The molecule has 0 aliphatic carbocycles. The fourth-order valence-corrected chi connectivity index (χ4v) is 2.24. The molecule has 0 unspecified atom stereocenters. The molecule has 0 saturated carbocycles. The molecule has 2 heterocycles. The number of ketones is 1. The van der Waals surface area contributed by atoms with Gasteiger partial charge in [0.2, 0.25) is 0 Å². The summed E-state index contributed by atoms with van der Waals surface area (Å²) in [5.74, 6) is -1.09. The van der Waals surface area contributed by atoms with Crippen LogP contribution in [0.1, 0.15) is 15.9 Å². The third-order valence-electron chi connectivity index (χ3n) is 2.89. The summed E-state index contributed by atoms with van der Waals surface area (Å²) in [7, 11) is 0. The van der Waals surface area contributed by atoms with Crippen LogP contribution in [0.2, 0.25) is 5.02 Å². The highest BCUT2D eigenvalue weighted by Gasteiger charge is 2.20. The zero-order valence-electron chi connectivity index (χ0n) is 9.65. The van der Waals surface area contributed by atoms with Crippen molar-refractivity contribution in [1.29, 1.82) is 0 Å². The van der Waals surface area contributed by atoms with E-state index in [4.69, 9.17) is 11.6 Å². The van der Waals surface area contributed by atoms with Crippen LogP contribution < -0.4 is 0 Å². The minimum atomic E-state index is -0.629. The van der Waals surface area contributed by atoms with Crippen LogP contribution in [0, 0.1) is 5.82 Å². The van der Waals surface area contributed by atoms with Crippen molar-refractivity contribution in [2.45, 2.75) is 0 Å². The Morgan fingerprint density at radius 3 is 2.89 bits per heavy atom. The van der Waals surface area contributed by atoms with Gasteiger partial charge in [-0.3, -0.25) is 4.79 Å². The standard InChI is InChI=1S/C14H8ClFN2O/c15-10-4-1-5-11(16)12(10)13(19)9-7-18-14-8(9)3-2-6-17-14/h1-7H,(H,17,18). The molecule has 5 heteroatoms. The van der Waals surface area contributed by atoms with Crippen LogP contribution in [0.3, 0.4) is 0 Å². The number of halogens is 2. The fraction of sp³-hybridized carbons (Fsp3) is 0. The number of nitrogens with one attached hydrogen (secondary N) is 1. The van der Waals surface area contributed by atoms with E-state index < -0.39 is 11.6 Å². The molecule has 19 heavy (non-hydrogen) atoms. The van der Waals surface area contributed by atoms with Gasteiger partial charge < -0.3 is 4.98 Å². The molecular formula is C14H8ClFN2O. The van der Waals surface area contributed by atoms with Gasteiger partial charge in [-0.1, -0.05) is 17.7 Å². The van der Waals surface area contributed by atoms with Gasteiger partial charge in [0, 0.05) is 23.3 Å². The SMILES string of the molecule is O=C(c1c(F)cccc1Cl)c1c[nH]c2ncccc12. The number of aromatic amines is 1. The first-order valence-electron chi connectivity index (χ1n) is 5.59. The molecule has 2 aromatic heterocycles. The maximum atomic E-state index is 13.8. The lowest BCUT2D eigenvalue weighted by molar-refractivity contribution is 0.103. The molecule has 94 valence electrons. The van der Waals surface area contributed by atoms with E-state index >= 15 is 0 Å². The third-order valence-corrected chi connectivity index (χ3v) is 3.20. The predicted octanol–water partition coefficient (Wildman–Crippen LogP) is 3.59. The van der Waals surface area contributed by atoms with Crippen LogP contribution in [0.5, 0.6) is 0 Å². The van der Waals surface area contributed by atoms with Gasteiger partial charge in [0.1, 0.15) is 11.5 Å². The van der Waals surface area contributed by atoms with Crippen molar-refractivity contribution in [3.63, 3.8) is 0 Å². The van der Waals surface area contributed by atoms with E-state index in [-0.39, 0.29) is 10.6 Å². The van der Waals surface area contributed by atoms with Gasteiger partial charge in [0.05, 0.1) is 10.6 Å². The summed E-state index contributed by atoms with van der Waals surface area (Å²) in [4.78, 5) is 19.4. The van der Waals surface area contributed by atoms with Gasteiger partial charge in [-0.15, -0.1) is 0 Å². The number of nitrogens with zero attached hydrogens (tertiary/aromatic N) is 1. The van der Waals surface area contributed by atoms with Crippen LogP contribution >= 0.6 is 11.6 Å². The number of hydrogen-bond acceptors (Lipinski definition) is 2. The van der Waals surface area contributed by atoms with Gasteiger partial charge in [-0.2, -0.15) is 0 Å². The molecule has 0 bridgehead atoms. The van der Waals surface area contributed by atoms with Crippen molar-refractivity contribution in [3.8, 4) is 0 Å². The highest BCUT2D eigenvalue weighted by Crippen LogP contribution is 2.25. The molecule has 0 saturated heterocycles. The molecule has 0 aliphatic heterocycles. The van der Waals surface area contributed by atoms with E-state index in [9.17, 15) is 9.18 Å². The van der Waals surface area contributed by atoms with Gasteiger partial charge >= 0.3 is 0 Å². The number of fused-ring (bicyclic) bond motifs is 1. The highest BCUT2D eigenvalue weighted by atomic mass is 35.5. The van der Waals surface area contributed by atoms with Crippen LogP contribution in [0.15, 0.2) is 42.7 Å². The zero-order chi connectivity index (χ0) is 13.4. The first kappa shape index (κ1) is 11.9. The summed E-state index contributed by atoms with van der Waals surface area (Å²) in [5, 5.41) is 0.745. The zero-order valence-corrected chi connectivity index (χ0v) is 10.4. The molecule has 0 amide bonds. The molecule has 1 N–H and O–H groups in total. The van der Waals surface area contributed by atoms with E-state index in [0.717, 1.165) is 0 Å². The monoisotopic (exact) mass is 274 g/mol. The van der Waals surface area contributed by atoms with Crippen molar-refractivity contribution < 1.29 is 9.18 Å². The normalized spacial score (nSPS) is 10.8. The fourth-order valence-electron chi connectivity index (χ4n) is 1.99. The second-order valence-corrected chi connectivity index (χ2v) is 4.43. The Hall–Kier alpha value is -2.20. The number of benzene rings is 1. The molecule has 3 rings (SSSR count). The molecule has 0 aliphatic rings. The first-order valence-corrected chi connectivity index (χ1v) is 5.97. The number of aromatic nitrogens is 2. The second kappa shape index (κ2) is 4.48. The molecule has 0 fully saturated rings. The van der Waals surface area contributed by atoms with Crippen molar-refractivity contribution >= 4 is 28.4 Å². The Bertz CT molecular complexity index is 762. The summed E-state index contributed by atoms with van der Waals surface area (Å²) in [6, 6.07) is 7.64. The van der Waals surface area contributed by atoms with E-state index in [1.807, 2.05) is 0 Å². The Morgan fingerprint density at radius 2 is 2.11 bits per heavy atom. The van der Waals surface area contributed by atoms with Crippen LogP contribution in [0.25, 0.3) is 11.0 Å². The molecule has 0 radical (unpaired) electrons. The van der Waals surface area contributed by atoms with Gasteiger partial charge in [0.15, 0.2) is 5.78 Å². The largest absolute Gasteiger partial charge is 0.345 e. The number of carbonyl (C=O) groups is 1. The average Bonchev–Trinajstić information content (AvgIpc) is 2.82. The van der Waals surface area contributed by atoms with Gasteiger partial charge in [0.25, 0.3) is 0 Å². The van der Waals surface area contributed by atoms with E-state index in [1.165, 1.54) is 24.4 Å². The minimum Gasteiger partial charge on any atom is -0.345 e. The smallest absolute Gasteiger partial charge is 0.199 e. The van der Waals surface area contributed by atoms with E-state index in [1.54, 1.807) is 18.3 Å². The highest BCUT2D eigenvalue weighted by molar-refractivity contribution is 6.35. The second-order valence-electron chi connectivity index (χ2n) is 4.03. The summed E-state index contributed by atoms with van der Waals surface area (Å²) < 4.78 is 13.8. The maximum absolute atomic E-state index is 13.8. The number of carbonyl (C=O) groups excluding carboxylic acids is 1. The minimum absolute atomic E-state index is 0.100. The third kappa shape index (κ3) is 1.90. The average molecular weight is 275 g/mol. The predicted molar refractivity (Wildman–Crippen MR) is 70.9 cm³/mol. The topological polar surface area (TPSA) is 45.8 Å². The van der Waals surface area contributed by atoms with Gasteiger partial charge in [-0.05, 0) is 24.3 Å². The van der Waals surface area contributed by atoms with Crippen molar-refractivity contribution in [3.05, 3.63) is 64.7 Å². The lowest BCUT2D eigenvalue weighted by atomic mass is 10.0.